The summed E-state index contributed by atoms with van der Waals surface area (Å²) >= 11 is 1.06. The van der Waals surface area contributed by atoms with Crippen molar-refractivity contribution in [1.82, 2.24) is 59.8 Å². The Kier molecular flexibility index (Phi) is 5.45. The minimum absolute atomic E-state index is 0.371. The number of hydrogen-bond donors (Lipinski definition) is 0. The fourth-order valence-electron chi connectivity index (χ4n) is 4.96. The summed E-state index contributed by atoms with van der Waals surface area (Å²) in [5.41, 5.74) is 5.44. The maximum Gasteiger partial charge on any atom is 0.112 e. The number of aromatic nitrogens is 12. The first-order valence-corrected chi connectivity index (χ1v) is 13.1. The Morgan fingerprint density at radius 2 is 0.857 bits per heavy atom. The van der Waals surface area contributed by atoms with E-state index in [1.54, 1.807) is 24.8 Å². The maximum atomic E-state index is 8.19. The van der Waals surface area contributed by atoms with Gasteiger partial charge in [-0.3, -0.25) is 19.9 Å². The molecule has 7 aromatic rings. The second-order valence-electron chi connectivity index (χ2n) is 9.08. The number of pyridine rings is 4. The van der Waals surface area contributed by atoms with Crippen LogP contribution in [0.5, 0.6) is 0 Å². The van der Waals surface area contributed by atoms with Crippen molar-refractivity contribution in [2.45, 2.75) is 0 Å². The van der Waals surface area contributed by atoms with Crippen LogP contribution in [0.4, 0.5) is 0 Å². The van der Waals surface area contributed by atoms with Gasteiger partial charge in [0.1, 0.15) is 23.0 Å². The van der Waals surface area contributed by atoms with Crippen LogP contribution >= 0.6 is 0 Å². The van der Waals surface area contributed by atoms with Crippen molar-refractivity contribution in [2.24, 2.45) is 0 Å². The van der Waals surface area contributed by atoms with Crippen LogP contribution < -0.4 is 9.97 Å². The van der Waals surface area contributed by atoms with Crippen LogP contribution in [-0.2, 0) is 21.0 Å². The molecule has 42 heavy (non-hydrogen) atoms. The third-order valence-electron chi connectivity index (χ3n) is 6.74. The molecule has 9 heterocycles. The van der Waals surface area contributed by atoms with Gasteiger partial charge in [-0.1, -0.05) is 12.1 Å². The van der Waals surface area contributed by atoms with Gasteiger partial charge in [-0.15, -0.1) is 0 Å². The van der Waals surface area contributed by atoms with E-state index >= 15 is 0 Å². The van der Waals surface area contributed by atoms with Gasteiger partial charge < -0.3 is 29.9 Å². The molecule has 7 aromatic heterocycles. The molecule has 0 aromatic carbocycles. The van der Waals surface area contributed by atoms with Crippen LogP contribution in [0.2, 0.25) is 0 Å². The van der Waals surface area contributed by atoms with Crippen molar-refractivity contribution in [3.05, 3.63) is 73.3 Å². The molecular weight excluding hydrogens is 571 g/mol. The average Bonchev–Trinajstić information content (AvgIpc) is 3.78. The zero-order chi connectivity index (χ0) is 28.2. The standard InChI is InChI=1S/C28H12N12.O.V/c1-5-13-17(29-9-1)25-34-21(13)33-22-14-6-2-11-31-19(14)27(35-22)40-28-20-16(8-4-12-32-20)24(39-28)38-26-18-15(7-3-10-30-18)23(36-25)37-26;;/h1-12H;;/q-2;;+2. The summed E-state index contributed by atoms with van der Waals surface area (Å²) in [6.07, 6.45) is 6.78. The van der Waals surface area contributed by atoms with Crippen molar-refractivity contribution in [2.75, 3.05) is 0 Å². The molecule has 0 N–H and O–H groups in total. The molecule has 9 rings (SSSR count). The van der Waals surface area contributed by atoms with Gasteiger partial charge in [0.05, 0.1) is 22.7 Å². The Morgan fingerprint density at radius 3 is 1.38 bits per heavy atom. The quantitative estimate of drug-likeness (QED) is 0.254. The SMILES string of the molecule is [O]=[V+2].c1cnc2c(c1)-c1nc-2nc2[n-]c(nc3nc(nc4[n-]c(n1)c1ncccc41)-c1cccnc1-3)c1ncccc21. The van der Waals surface area contributed by atoms with Crippen LogP contribution in [0.25, 0.3) is 90.2 Å². The Bertz CT molecular complexity index is 2060. The first-order chi connectivity index (χ1) is 20.8. The number of fused-ring (bicyclic) bond motifs is 20. The molecule has 0 atom stereocenters. The van der Waals surface area contributed by atoms with Crippen molar-refractivity contribution in [1.29, 1.82) is 0 Å². The van der Waals surface area contributed by atoms with Crippen LogP contribution in [0.1, 0.15) is 0 Å². The third kappa shape index (κ3) is 3.65. The summed E-state index contributed by atoms with van der Waals surface area (Å²) in [7, 11) is 0. The molecule has 0 fully saturated rings. The number of nitrogens with zero attached hydrogens (tertiary/aromatic N) is 12. The van der Waals surface area contributed by atoms with E-state index in [1.807, 2.05) is 48.5 Å². The molecule has 14 heteroatoms. The first-order valence-electron chi connectivity index (χ1n) is 12.5. The Morgan fingerprint density at radius 1 is 0.452 bits per heavy atom. The average molecular weight is 583 g/mol. The van der Waals surface area contributed by atoms with Gasteiger partial charge >= 0.3 is 21.0 Å². The Balaban J connectivity index is 0.00000131. The molecule has 0 radical (unpaired) electrons. The topological polar surface area (TPSA) is 174 Å². The van der Waals surface area contributed by atoms with Crippen molar-refractivity contribution in [3.63, 3.8) is 0 Å². The van der Waals surface area contributed by atoms with E-state index in [1.165, 1.54) is 0 Å². The molecule has 13 nitrogen and oxygen atoms in total. The molecule has 2 aliphatic rings. The smallest absolute Gasteiger partial charge is 0.112 e. The zero-order valence-corrected chi connectivity index (χ0v) is 22.5. The summed E-state index contributed by atoms with van der Waals surface area (Å²) in [4.78, 5) is 56.4. The van der Waals surface area contributed by atoms with Gasteiger partial charge in [0.2, 0.25) is 0 Å². The largest absolute Gasteiger partial charge is 0.356 e. The Hall–Kier alpha value is -5.66. The molecule has 0 amide bonds. The van der Waals surface area contributed by atoms with Crippen LogP contribution in [0.15, 0.2) is 73.3 Å². The zero-order valence-electron chi connectivity index (χ0n) is 21.2. The van der Waals surface area contributed by atoms with E-state index in [2.05, 4.69) is 19.9 Å². The molecule has 0 spiro atoms. The predicted octanol–water partition coefficient (Wildman–Crippen LogP) is 3.59. The normalized spacial score (nSPS) is 11.6. The number of rotatable bonds is 0. The van der Waals surface area contributed by atoms with Crippen LogP contribution in [-0.4, -0.2) is 49.8 Å². The summed E-state index contributed by atoms with van der Waals surface area (Å²) in [5.74, 6) is 1.61. The van der Waals surface area contributed by atoms with E-state index in [4.69, 9.17) is 43.5 Å². The summed E-state index contributed by atoms with van der Waals surface area (Å²) in [5, 5.41) is 1.46. The van der Waals surface area contributed by atoms with Gasteiger partial charge in [-0.2, -0.15) is 0 Å². The van der Waals surface area contributed by atoms with Crippen molar-refractivity contribution < 1.29 is 21.0 Å². The minimum Gasteiger partial charge on any atom is -0.356 e. The van der Waals surface area contributed by atoms with Crippen LogP contribution in [0.3, 0.4) is 0 Å². The van der Waals surface area contributed by atoms with Gasteiger partial charge in [-0.05, 0) is 36.4 Å². The van der Waals surface area contributed by atoms with Gasteiger partial charge in [-0.25, -0.2) is 9.97 Å². The van der Waals surface area contributed by atoms with Crippen molar-refractivity contribution >= 4 is 44.4 Å². The minimum atomic E-state index is 0.371. The van der Waals surface area contributed by atoms with Gasteiger partial charge in [0.15, 0.2) is 0 Å². The molecule has 0 unspecified atom stereocenters. The third-order valence-corrected chi connectivity index (χ3v) is 6.74. The molecule has 2 aliphatic heterocycles. The number of hydrogen-bond acceptors (Lipinski definition) is 11. The predicted molar refractivity (Wildman–Crippen MR) is 146 cm³/mol. The monoisotopic (exact) mass is 583 g/mol. The second kappa shape index (κ2) is 9.47. The summed E-state index contributed by atoms with van der Waals surface area (Å²) in [6.45, 7) is 0. The maximum absolute atomic E-state index is 8.19. The van der Waals surface area contributed by atoms with Gasteiger partial charge in [0.25, 0.3) is 0 Å². The first kappa shape index (κ1) is 24.2. The molecule has 195 valence electrons. The van der Waals surface area contributed by atoms with E-state index in [0.29, 0.717) is 68.3 Å². The van der Waals surface area contributed by atoms with E-state index in [-0.39, 0.29) is 0 Å². The summed E-state index contributed by atoms with van der Waals surface area (Å²) < 4.78 is 8.19. The molecular formula is C28H12N12OV. The van der Waals surface area contributed by atoms with E-state index in [0.717, 1.165) is 39.3 Å². The molecule has 0 saturated carbocycles. The fourth-order valence-corrected chi connectivity index (χ4v) is 4.96. The second-order valence-corrected chi connectivity index (χ2v) is 9.08. The molecule has 0 saturated heterocycles. The Labute approximate surface area is 243 Å². The van der Waals surface area contributed by atoms with E-state index < -0.39 is 0 Å². The molecule has 8 bridgehead atoms. The van der Waals surface area contributed by atoms with E-state index in [9.17, 15) is 0 Å². The fraction of sp³-hybridized carbons (Fsp3) is 0. The summed E-state index contributed by atoms with van der Waals surface area (Å²) in [6, 6.07) is 14.9. The van der Waals surface area contributed by atoms with Crippen LogP contribution in [0, 0.1) is 0 Å². The van der Waals surface area contributed by atoms with Gasteiger partial charge in [0, 0.05) is 69.3 Å². The van der Waals surface area contributed by atoms with Crippen molar-refractivity contribution in [3.8, 4) is 45.8 Å². The molecule has 0 aliphatic carbocycles.